The molecule has 0 bridgehead atoms. The van der Waals surface area contributed by atoms with Crippen LogP contribution in [0.2, 0.25) is 0 Å². The Balaban J connectivity index is 2.11. The van der Waals surface area contributed by atoms with Gasteiger partial charge in [0.15, 0.2) is 0 Å². The number of hydrogen-bond donors (Lipinski definition) is 0. The molecule has 0 saturated heterocycles. The zero-order valence-corrected chi connectivity index (χ0v) is 10.0. The standard InChI is InChI=1S/C13H14N4O/c18-13-8-11(10-5-6-14-9-15-10)16-12-4-2-1-3-7-17(12)13/h5-6,8-9H,1-4,7H2. The summed E-state index contributed by atoms with van der Waals surface area (Å²) in [6, 6.07) is 3.34. The Morgan fingerprint density at radius 3 is 2.94 bits per heavy atom. The highest BCUT2D eigenvalue weighted by Gasteiger charge is 2.12. The summed E-state index contributed by atoms with van der Waals surface area (Å²) in [5.41, 5.74) is 1.38. The fourth-order valence-corrected chi connectivity index (χ4v) is 2.29. The van der Waals surface area contributed by atoms with Gasteiger partial charge in [0.2, 0.25) is 0 Å². The Hall–Kier alpha value is -2.04. The van der Waals surface area contributed by atoms with Gasteiger partial charge in [-0.05, 0) is 18.9 Å². The van der Waals surface area contributed by atoms with Gasteiger partial charge in [-0.15, -0.1) is 0 Å². The van der Waals surface area contributed by atoms with Gasteiger partial charge in [0, 0.05) is 25.2 Å². The Bertz CT molecular complexity index is 606. The van der Waals surface area contributed by atoms with Crippen LogP contribution in [0.15, 0.2) is 29.5 Å². The maximum atomic E-state index is 12.1. The quantitative estimate of drug-likeness (QED) is 0.759. The summed E-state index contributed by atoms with van der Waals surface area (Å²) in [4.78, 5) is 24.7. The molecule has 0 aromatic carbocycles. The van der Waals surface area contributed by atoms with Crippen LogP contribution in [-0.4, -0.2) is 19.5 Å². The Kier molecular flexibility index (Phi) is 2.88. The molecule has 3 heterocycles. The van der Waals surface area contributed by atoms with E-state index in [1.807, 2.05) is 0 Å². The summed E-state index contributed by atoms with van der Waals surface area (Å²) in [6.45, 7) is 0.783. The second kappa shape index (κ2) is 4.68. The first-order chi connectivity index (χ1) is 8.84. The van der Waals surface area contributed by atoms with E-state index >= 15 is 0 Å². The fourth-order valence-electron chi connectivity index (χ4n) is 2.29. The van der Waals surface area contributed by atoms with Gasteiger partial charge < -0.3 is 0 Å². The highest BCUT2D eigenvalue weighted by atomic mass is 16.1. The van der Waals surface area contributed by atoms with Crippen LogP contribution in [0.25, 0.3) is 11.4 Å². The van der Waals surface area contributed by atoms with Crippen molar-refractivity contribution in [3.63, 3.8) is 0 Å². The normalized spacial score (nSPS) is 14.9. The zero-order chi connectivity index (χ0) is 12.4. The molecular formula is C13H14N4O. The maximum Gasteiger partial charge on any atom is 0.254 e. The van der Waals surface area contributed by atoms with Crippen LogP contribution in [-0.2, 0) is 13.0 Å². The van der Waals surface area contributed by atoms with Crippen molar-refractivity contribution in [3.05, 3.63) is 40.8 Å². The summed E-state index contributed by atoms with van der Waals surface area (Å²) in [7, 11) is 0. The lowest BCUT2D eigenvalue weighted by atomic mass is 10.2. The van der Waals surface area contributed by atoms with Gasteiger partial charge in [0.25, 0.3) is 5.56 Å². The summed E-state index contributed by atoms with van der Waals surface area (Å²) in [5.74, 6) is 0.883. The molecule has 0 amide bonds. The third-order valence-electron chi connectivity index (χ3n) is 3.21. The van der Waals surface area contributed by atoms with Crippen LogP contribution in [0.4, 0.5) is 0 Å². The van der Waals surface area contributed by atoms with E-state index in [1.54, 1.807) is 22.9 Å². The molecule has 0 spiro atoms. The van der Waals surface area contributed by atoms with Crippen molar-refractivity contribution in [1.82, 2.24) is 19.5 Å². The Labute approximate surface area is 105 Å². The first-order valence-electron chi connectivity index (χ1n) is 6.22. The average molecular weight is 242 g/mol. The van der Waals surface area contributed by atoms with E-state index in [0.717, 1.165) is 38.1 Å². The molecule has 5 nitrogen and oxygen atoms in total. The second-order valence-electron chi connectivity index (χ2n) is 4.45. The molecule has 0 atom stereocenters. The van der Waals surface area contributed by atoms with E-state index < -0.39 is 0 Å². The Morgan fingerprint density at radius 1 is 1.17 bits per heavy atom. The molecule has 2 aromatic heterocycles. The molecule has 0 aliphatic carbocycles. The SMILES string of the molecule is O=c1cc(-c2ccncn2)nc2n1CCCCC2. The van der Waals surface area contributed by atoms with Crippen LogP contribution < -0.4 is 5.56 Å². The maximum absolute atomic E-state index is 12.1. The molecule has 0 radical (unpaired) electrons. The highest BCUT2D eigenvalue weighted by molar-refractivity contribution is 5.52. The third-order valence-corrected chi connectivity index (χ3v) is 3.21. The zero-order valence-electron chi connectivity index (χ0n) is 10.0. The summed E-state index contributed by atoms with van der Waals surface area (Å²) >= 11 is 0. The number of aromatic nitrogens is 4. The fraction of sp³-hybridized carbons (Fsp3) is 0.385. The summed E-state index contributed by atoms with van der Waals surface area (Å²) in [6.07, 6.45) is 7.31. The van der Waals surface area contributed by atoms with Crippen molar-refractivity contribution in [2.45, 2.75) is 32.2 Å². The van der Waals surface area contributed by atoms with Crippen LogP contribution in [0, 0.1) is 0 Å². The minimum atomic E-state index is 0.0236. The lowest BCUT2D eigenvalue weighted by Gasteiger charge is -2.09. The third kappa shape index (κ3) is 2.03. The lowest BCUT2D eigenvalue weighted by Crippen LogP contribution is -2.24. The smallest absolute Gasteiger partial charge is 0.254 e. The van der Waals surface area contributed by atoms with Crippen LogP contribution in [0.1, 0.15) is 25.1 Å². The molecule has 1 aliphatic heterocycles. The van der Waals surface area contributed by atoms with E-state index in [4.69, 9.17) is 0 Å². The molecule has 92 valence electrons. The van der Waals surface area contributed by atoms with Crippen molar-refractivity contribution < 1.29 is 0 Å². The molecular weight excluding hydrogens is 228 g/mol. The lowest BCUT2D eigenvalue weighted by molar-refractivity contribution is 0.609. The molecule has 1 aliphatic rings. The molecule has 0 N–H and O–H groups in total. The highest BCUT2D eigenvalue weighted by Crippen LogP contribution is 2.15. The Morgan fingerprint density at radius 2 is 2.11 bits per heavy atom. The van der Waals surface area contributed by atoms with E-state index in [0.29, 0.717) is 11.4 Å². The largest absolute Gasteiger partial charge is 0.297 e. The van der Waals surface area contributed by atoms with Gasteiger partial charge in [-0.1, -0.05) is 6.42 Å². The monoisotopic (exact) mass is 242 g/mol. The van der Waals surface area contributed by atoms with Crippen LogP contribution in [0.3, 0.4) is 0 Å². The van der Waals surface area contributed by atoms with Gasteiger partial charge in [0.1, 0.15) is 12.2 Å². The van der Waals surface area contributed by atoms with Crippen LogP contribution >= 0.6 is 0 Å². The van der Waals surface area contributed by atoms with Crippen molar-refractivity contribution in [3.8, 4) is 11.4 Å². The van der Waals surface area contributed by atoms with Crippen LogP contribution in [0.5, 0.6) is 0 Å². The molecule has 2 aromatic rings. The second-order valence-corrected chi connectivity index (χ2v) is 4.45. The number of nitrogens with zero attached hydrogens (tertiary/aromatic N) is 4. The van der Waals surface area contributed by atoms with Crippen molar-refractivity contribution >= 4 is 0 Å². The summed E-state index contributed by atoms with van der Waals surface area (Å²) < 4.78 is 1.79. The predicted molar refractivity (Wildman–Crippen MR) is 67.1 cm³/mol. The molecule has 5 heteroatoms. The van der Waals surface area contributed by atoms with Crippen molar-refractivity contribution in [2.75, 3.05) is 0 Å². The number of fused-ring (bicyclic) bond motifs is 1. The first-order valence-corrected chi connectivity index (χ1v) is 6.22. The van der Waals surface area contributed by atoms with Gasteiger partial charge in [-0.3, -0.25) is 9.36 Å². The predicted octanol–water partition coefficient (Wildman–Crippen LogP) is 1.43. The molecule has 18 heavy (non-hydrogen) atoms. The van der Waals surface area contributed by atoms with Gasteiger partial charge in [0.05, 0.1) is 11.4 Å². The molecule has 3 rings (SSSR count). The van der Waals surface area contributed by atoms with Gasteiger partial charge in [-0.25, -0.2) is 15.0 Å². The number of hydrogen-bond acceptors (Lipinski definition) is 4. The number of aryl methyl sites for hydroxylation is 1. The average Bonchev–Trinajstić information content (AvgIpc) is 2.65. The van der Waals surface area contributed by atoms with Gasteiger partial charge >= 0.3 is 0 Å². The van der Waals surface area contributed by atoms with E-state index in [1.165, 1.54) is 6.33 Å². The minimum Gasteiger partial charge on any atom is -0.297 e. The number of rotatable bonds is 1. The molecule has 0 unspecified atom stereocenters. The first kappa shape index (κ1) is 11.1. The van der Waals surface area contributed by atoms with Gasteiger partial charge in [-0.2, -0.15) is 0 Å². The minimum absolute atomic E-state index is 0.0236. The summed E-state index contributed by atoms with van der Waals surface area (Å²) in [5, 5.41) is 0. The molecule has 0 fully saturated rings. The van der Waals surface area contributed by atoms with Crippen molar-refractivity contribution in [2.24, 2.45) is 0 Å². The van der Waals surface area contributed by atoms with E-state index in [-0.39, 0.29) is 5.56 Å². The topological polar surface area (TPSA) is 60.7 Å². The van der Waals surface area contributed by atoms with E-state index in [9.17, 15) is 4.79 Å². The molecule has 0 saturated carbocycles. The van der Waals surface area contributed by atoms with Crippen molar-refractivity contribution in [1.29, 1.82) is 0 Å². The van der Waals surface area contributed by atoms with E-state index in [2.05, 4.69) is 15.0 Å².